The molecule has 0 aliphatic rings. The summed E-state index contributed by atoms with van der Waals surface area (Å²) in [7, 11) is 2.92. The highest BCUT2D eigenvalue weighted by Crippen LogP contribution is 2.37. The number of rotatable bonds is 7. The molecule has 7 nitrogen and oxygen atoms in total. The van der Waals surface area contributed by atoms with Gasteiger partial charge in [0.15, 0.2) is 11.5 Å². The lowest BCUT2D eigenvalue weighted by Gasteiger charge is -2.32. The minimum absolute atomic E-state index is 0.220. The van der Waals surface area contributed by atoms with Crippen LogP contribution in [-0.4, -0.2) is 36.8 Å². The van der Waals surface area contributed by atoms with Gasteiger partial charge in [-0.3, -0.25) is 9.59 Å². The standard InChI is InChI=1S/C20H28N2O5/c1-12-21-14-9-16(15(25-6)8-13(14)17(23)22-12)27-11-19(2,3)10-20(4,5)18(24)26-7/h8-9H,10-11H2,1-7H3,(H,21,22,23). The van der Waals surface area contributed by atoms with Crippen LogP contribution in [0.5, 0.6) is 11.5 Å². The molecule has 0 unspecified atom stereocenters. The Hall–Kier alpha value is -2.57. The van der Waals surface area contributed by atoms with Crippen LogP contribution in [-0.2, 0) is 9.53 Å². The van der Waals surface area contributed by atoms with Crippen LogP contribution in [0.25, 0.3) is 10.9 Å². The molecule has 7 heteroatoms. The summed E-state index contributed by atoms with van der Waals surface area (Å²) in [5.74, 6) is 1.25. The number of carbonyl (C=O) groups is 1. The fraction of sp³-hybridized carbons (Fsp3) is 0.550. The largest absolute Gasteiger partial charge is 0.493 e. The van der Waals surface area contributed by atoms with Crippen LogP contribution < -0.4 is 15.0 Å². The summed E-state index contributed by atoms with van der Waals surface area (Å²) in [5, 5.41) is 0.441. The van der Waals surface area contributed by atoms with E-state index in [4.69, 9.17) is 14.2 Å². The third-order valence-corrected chi connectivity index (χ3v) is 4.39. The number of esters is 1. The number of hydrogen-bond donors (Lipinski definition) is 1. The number of benzene rings is 1. The molecule has 0 saturated carbocycles. The van der Waals surface area contributed by atoms with Gasteiger partial charge in [-0.25, -0.2) is 4.98 Å². The quantitative estimate of drug-likeness (QED) is 0.746. The molecule has 2 aromatic rings. The number of nitrogens with one attached hydrogen (secondary N) is 1. The zero-order valence-electron chi connectivity index (χ0n) is 17.1. The number of carbonyl (C=O) groups excluding carboxylic acids is 1. The van der Waals surface area contributed by atoms with Crippen molar-refractivity contribution in [2.45, 2.75) is 41.0 Å². The zero-order valence-corrected chi connectivity index (χ0v) is 17.1. The second-order valence-electron chi connectivity index (χ2n) is 8.18. The molecular weight excluding hydrogens is 348 g/mol. The average molecular weight is 376 g/mol. The first-order valence-electron chi connectivity index (χ1n) is 8.79. The van der Waals surface area contributed by atoms with E-state index in [0.29, 0.717) is 41.3 Å². The van der Waals surface area contributed by atoms with E-state index < -0.39 is 5.41 Å². The molecule has 0 amide bonds. The van der Waals surface area contributed by atoms with Crippen molar-refractivity contribution in [1.82, 2.24) is 9.97 Å². The molecule has 0 bridgehead atoms. The van der Waals surface area contributed by atoms with Crippen LogP contribution in [0.1, 0.15) is 39.9 Å². The molecular formula is C20H28N2O5. The van der Waals surface area contributed by atoms with Crippen LogP contribution >= 0.6 is 0 Å². The van der Waals surface area contributed by atoms with Gasteiger partial charge in [-0.15, -0.1) is 0 Å². The monoisotopic (exact) mass is 376 g/mol. The van der Waals surface area contributed by atoms with E-state index in [9.17, 15) is 9.59 Å². The zero-order chi connectivity index (χ0) is 20.4. The van der Waals surface area contributed by atoms with Gasteiger partial charge < -0.3 is 19.2 Å². The number of H-pyrrole nitrogens is 1. The van der Waals surface area contributed by atoms with E-state index >= 15 is 0 Å². The van der Waals surface area contributed by atoms with Crippen molar-refractivity contribution in [3.8, 4) is 11.5 Å². The van der Waals surface area contributed by atoms with Crippen LogP contribution in [0.3, 0.4) is 0 Å². The Balaban J connectivity index is 2.27. The molecule has 0 atom stereocenters. The topological polar surface area (TPSA) is 90.5 Å². The van der Waals surface area contributed by atoms with Crippen molar-refractivity contribution < 1.29 is 19.0 Å². The predicted molar refractivity (Wildman–Crippen MR) is 103 cm³/mol. The van der Waals surface area contributed by atoms with Crippen molar-refractivity contribution in [1.29, 1.82) is 0 Å². The summed E-state index contributed by atoms with van der Waals surface area (Å²) in [6.07, 6.45) is 0.583. The number of ether oxygens (including phenoxy) is 3. The van der Waals surface area contributed by atoms with Crippen LogP contribution in [0.2, 0.25) is 0 Å². The predicted octanol–water partition coefficient (Wildman–Crippen LogP) is 3.23. The summed E-state index contributed by atoms with van der Waals surface area (Å²) < 4.78 is 16.3. The molecule has 1 heterocycles. The van der Waals surface area contributed by atoms with Gasteiger partial charge in [-0.05, 0) is 38.7 Å². The van der Waals surface area contributed by atoms with Crippen molar-refractivity contribution in [3.05, 3.63) is 28.3 Å². The third-order valence-electron chi connectivity index (χ3n) is 4.39. The fourth-order valence-electron chi connectivity index (χ4n) is 3.41. The molecule has 148 valence electrons. The Kier molecular flexibility index (Phi) is 5.82. The van der Waals surface area contributed by atoms with Crippen LogP contribution in [0, 0.1) is 17.8 Å². The first kappa shape index (κ1) is 20.7. The maximum Gasteiger partial charge on any atom is 0.311 e. The molecule has 0 aliphatic heterocycles. The molecule has 0 aliphatic carbocycles. The Bertz CT molecular complexity index is 899. The summed E-state index contributed by atoms with van der Waals surface area (Å²) in [6, 6.07) is 3.33. The SMILES string of the molecule is COC(=O)C(C)(C)CC(C)(C)COc1cc2nc(C)[nH]c(=O)c2cc1OC. The lowest BCUT2D eigenvalue weighted by Crippen LogP contribution is -2.34. The Labute approximate surface area is 159 Å². The third kappa shape index (κ3) is 4.78. The van der Waals surface area contributed by atoms with E-state index in [-0.39, 0.29) is 16.9 Å². The van der Waals surface area contributed by atoms with Gasteiger partial charge in [0.2, 0.25) is 0 Å². The van der Waals surface area contributed by atoms with Gasteiger partial charge in [0.05, 0.1) is 37.1 Å². The van der Waals surface area contributed by atoms with Gasteiger partial charge in [0.25, 0.3) is 5.56 Å². The highest BCUT2D eigenvalue weighted by atomic mass is 16.5. The summed E-state index contributed by atoms with van der Waals surface area (Å²) in [4.78, 5) is 31.1. The number of aryl methyl sites for hydroxylation is 1. The van der Waals surface area contributed by atoms with Crippen LogP contribution in [0.4, 0.5) is 0 Å². The molecule has 0 spiro atoms. The van der Waals surface area contributed by atoms with E-state index in [1.807, 2.05) is 27.7 Å². The molecule has 1 N–H and O–H groups in total. The number of nitrogens with zero attached hydrogens (tertiary/aromatic N) is 1. The molecule has 0 fully saturated rings. The van der Waals surface area contributed by atoms with Gasteiger partial charge in [-0.2, -0.15) is 0 Å². The van der Waals surface area contributed by atoms with Gasteiger partial charge >= 0.3 is 5.97 Å². The Morgan fingerprint density at radius 2 is 1.81 bits per heavy atom. The highest BCUT2D eigenvalue weighted by molar-refractivity contribution is 5.81. The Morgan fingerprint density at radius 3 is 2.41 bits per heavy atom. The van der Waals surface area contributed by atoms with E-state index in [1.165, 1.54) is 14.2 Å². The van der Waals surface area contributed by atoms with Crippen LogP contribution in [0.15, 0.2) is 16.9 Å². The van der Waals surface area contributed by atoms with Gasteiger partial charge in [-0.1, -0.05) is 13.8 Å². The molecule has 27 heavy (non-hydrogen) atoms. The smallest absolute Gasteiger partial charge is 0.311 e. The van der Waals surface area contributed by atoms with Crippen molar-refractivity contribution in [3.63, 3.8) is 0 Å². The number of aromatic amines is 1. The molecule has 1 aromatic heterocycles. The van der Waals surface area contributed by atoms with Gasteiger partial charge in [0.1, 0.15) is 5.82 Å². The van der Waals surface area contributed by atoms with E-state index in [2.05, 4.69) is 9.97 Å². The number of fused-ring (bicyclic) bond motifs is 1. The summed E-state index contributed by atoms with van der Waals surface area (Å²) in [5.41, 5.74) is -0.599. The molecule has 2 rings (SSSR count). The second-order valence-corrected chi connectivity index (χ2v) is 8.18. The molecule has 1 aromatic carbocycles. The minimum Gasteiger partial charge on any atom is -0.493 e. The summed E-state index contributed by atoms with van der Waals surface area (Å²) in [6.45, 7) is 9.85. The maximum atomic E-state index is 12.1. The second kappa shape index (κ2) is 7.58. The number of methoxy groups -OCH3 is 2. The summed E-state index contributed by atoms with van der Waals surface area (Å²) >= 11 is 0. The average Bonchev–Trinajstić information content (AvgIpc) is 2.57. The van der Waals surface area contributed by atoms with Crippen molar-refractivity contribution in [2.24, 2.45) is 10.8 Å². The lowest BCUT2D eigenvalue weighted by molar-refractivity contribution is -0.152. The maximum absolute atomic E-state index is 12.1. The minimum atomic E-state index is -0.624. The molecule has 0 saturated heterocycles. The first-order chi connectivity index (χ1) is 12.5. The van der Waals surface area contributed by atoms with Crippen molar-refractivity contribution >= 4 is 16.9 Å². The van der Waals surface area contributed by atoms with Crippen molar-refractivity contribution in [2.75, 3.05) is 20.8 Å². The Morgan fingerprint density at radius 1 is 1.15 bits per heavy atom. The number of hydrogen-bond acceptors (Lipinski definition) is 6. The normalized spacial score (nSPS) is 12.1. The highest BCUT2D eigenvalue weighted by Gasteiger charge is 2.36. The van der Waals surface area contributed by atoms with E-state index in [0.717, 1.165) is 0 Å². The van der Waals surface area contributed by atoms with Gasteiger partial charge in [0, 0.05) is 6.07 Å². The molecule has 0 radical (unpaired) electrons. The lowest BCUT2D eigenvalue weighted by atomic mass is 9.75. The first-order valence-corrected chi connectivity index (χ1v) is 8.79. The fourth-order valence-corrected chi connectivity index (χ4v) is 3.41. The number of aromatic nitrogens is 2. The van der Waals surface area contributed by atoms with E-state index in [1.54, 1.807) is 19.1 Å².